The van der Waals surface area contributed by atoms with Crippen molar-refractivity contribution in [3.05, 3.63) is 46.2 Å². The highest BCUT2D eigenvalue weighted by molar-refractivity contribution is 7.12. The topological polar surface area (TPSA) is 32.3 Å². The Morgan fingerprint density at radius 2 is 2.14 bits per heavy atom. The van der Waals surface area contributed by atoms with Crippen LogP contribution < -0.4 is 10.2 Å². The number of anilines is 2. The van der Waals surface area contributed by atoms with E-state index in [-0.39, 0.29) is 11.9 Å². The van der Waals surface area contributed by atoms with Crippen molar-refractivity contribution in [2.24, 2.45) is 0 Å². The van der Waals surface area contributed by atoms with E-state index in [0.717, 1.165) is 24.3 Å². The van der Waals surface area contributed by atoms with Gasteiger partial charge in [-0.25, -0.2) is 0 Å². The van der Waals surface area contributed by atoms with Crippen LogP contribution in [0.4, 0.5) is 11.4 Å². The van der Waals surface area contributed by atoms with Crippen LogP contribution in [0.1, 0.15) is 35.6 Å². The van der Waals surface area contributed by atoms with Gasteiger partial charge >= 0.3 is 0 Å². The zero-order valence-corrected chi connectivity index (χ0v) is 13.2. The molecular weight excluding hydrogens is 280 g/mol. The van der Waals surface area contributed by atoms with Gasteiger partial charge in [0.15, 0.2) is 0 Å². The molecule has 1 atom stereocenters. The van der Waals surface area contributed by atoms with Gasteiger partial charge in [-0.05, 0) is 50.6 Å². The van der Waals surface area contributed by atoms with Crippen molar-refractivity contribution in [3.63, 3.8) is 0 Å². The maximum Gasteiger partial charge on any atom is 0.227 e. The predicted molar refractivity (Wildman–Crippen MR) is 89.1 cm³/mol. The van der Waals surface area contributed by atoms with Crippen LogP contribution in [0.3, 0.4) is 0 Å². The molecule has 2 heterocycles. The van der Waals surface area contributed by atoms with E-state index in [4.69, 9.17) is 0 Å². The number of carbonyl (C=O) groups excluding carboxylic acids is 1. The van der Waals surface area contributed by atoms with Gasteiger partial charge in [0.1, 0.15) is 0 Å². The summed E-state index contributed by atoms with van der Waals surface area (Å²) in [6.07, 6.45) is 1.63. The lowest BCUT2D eigenvalue weighted by molar-refractivity contribution is -0.117. The maximum absolute atomic E-state index is 11.8. The van der Waals surface area contributed by atoms with Crippen molar-refractivity contribution in [2.75, 3.05) is 16.8 Å². The number of carbonyl (C=O) groups is 1. The van der Waals surface area contributed by atoms with Crippen molar-refractivity contribution < 1.29 is 4.79 Å². The second kappa shape index (κ2) is 5.90. The lowest BCUT2D eigenvalue weighted by Crippen LogP contribution is -2.23. The highest BCUT2D eigenvalue weighted by Crippen LogP contribution is 2.28. The van der Waals surface area contributed by atoms with Gasteiger partial charge in [-0.15, -0.1) is 11.3 Å². The van der Waals surface area contributed by atoms with Crippen molar-refractivity contribution in [1.82, 2.24) is 0 Å². The molecule has 1 amide bonds. The molecule has 110 valence electrons. The first-order chi connectivity index (χ1) is 10.1. The molecule has 1 aliphatic rings. The van der Waals surface area contributed by atoms with E-state index in [9.17, 15) is 4.79 Å². The van der Waals surface area contributed by atoms with E-state index in [1.807, 2.05) is 28.4 Å². The molecule has 1 aromatic heterocycles. The second-order valence-corrected chi connectivity index (χ2v) is 6.83. The second-order valence-electron chi connectivity index (χ2n) is 5.51. The van der Waals surface area contributed by atoms with Gasteiger partial charge in [-0.1, -0.05) is 6.07 Å². The number of benzene rings is 1. The van der Waals surface area contributed by atoms with Gasteiger partial charge in [0, 0.05) is 34.1 Å². The van der Waals surface area contributed by atoms with Crippen molar-refractivity contribution >= 4 is 28.6 Å². The Morgan fingerprint density at radius 1 is 1.29 bits per heavy atom. The quantitative estimate of drug-likeness (QED) is 0.910. The lowest BCUT2D eigenvalue weighted by Gasteiger charge is -2.19. The van der Waals surface area contributed by atoms with Crippen molar-refractivity contribution in [1.29, 1.82) is 0 Å². The van der Waals surface area contributed by atoms with Crippen molar-refractivity contribution in [2.45, 2.75) is 32.7 Å². The average molecular weight is 300 g/mol. The summed E-state index contributed by atoms with van der Waals surface area (Å²) >= 11 is 1.82. The molecule has 0 radical (unpaired) electrons. The van der Waals surface area contributed by atoms with E-state index in [2.05, 4.69) is 43.4 Å². The van der Waals surface area contributed by atoms with Gasteiger partial charge < -0.3 is 10.2 Å². The van der Waals surface area contributed by atoms with Crippen LogP contribution in [0.25, 0.3) is 0 Å². The molecule has 1 saturated heterocycles. The van der Waals surface area contributed by atoms with Crippen LogP contribution in [-0.4, -0.2) is 12.5 Å². The summed E-state index contributed by atoms with van der Waals surface area (Å²) in [7, 11) is 0. The standard InChI is InChI=1S/C17H20N2OS/c1-12-8-9-16(21-12)13(2)18-14-5-3-6-15(11-14)19-10-4-7-17(19)20/h3,5-6,8-9,11,13,18H,4,7,10H2,1-2H3. The molecule has 3 nitrogen and oxygen atoms in total. The molecule has 0 spiro atoms. The Morgan fingerprint density at radius 3 is 2.81 bits per heavy atom. The van der Waals surface area contributed by atoms with Gasteiger partial charge in [0.05, 0.1) is 6.04 Å². The van der Waals surface area contributed by atoms with Crippen LogP contribution in [-0.2, 0) is 4.79 Å². The van der Waals surface area contributed by atoms with Crippen LogP contribution >= 0.6 is 11.3 Å². The Labute approximate surface area is 129 Å². The average Bonchev–Trinajstić information content (AvgIpc) is 3.08. The fourth-order valence-corrected chi connectivity index (χ4v) is 3.57. The first kappa shape index (κ1) is 14.1. The zero-order valence-electron chi connectivity index (χ0n) is 12.4. The van der Waals surface area contributed by atoms with E-state index < -0.39 is 0 Å². The molecule has 1 fully saturated rings. The van der Waals surface area contributed by atoms with Crippen LogP contribution in [0, 0.1) is 6.92 Å². The summed E-state index contributed by atoms with van der Waals surface area (Å²) in [4.78, 5) is 16.4. The molecule has 1 aromatic carbocycles. The number of hydrogen-bond acceptors (Lipinski definition) is 3. The van der Waals surface area contributed by atoms with Gasteiger partial charge in [-0.3, -0.25) is 4.79 Å². The van der Waals surface area contributed by atoms with Crippen LogP contribution in [0.15, 0.2) is 36.4 Å². The van der Waals surface area contributed by atoms with Crippen LogP contribution in [0.2, 0.25) is 0 Å². The number of hydrogen-bond donors (Lipinski definition) is 1. The smallest absolute Gasteiger partial charge is 0.227 e. The largest absolute Gasteiger partial charge is 0.378 e. The minimum Gasteiger partial charge on any atom is -0.378 e. The zero-order chi connectivity index (χ0) is 14.8. The van der Waals surface area contributed by atoms with Gasteiger partial charge in [0.25, 0.3) is 0 Å². The fraction of sp³-hybridized carbons (Fsp3) is 0.353. The summed E-state index contributed by atoms with van der Waals surface area (Å²) in [5, 5.41) is 3.52. The minimum atomic E-state index is 0.231. The minimum absolute atomic E-state index is 0.231. The number of aryl methyl sites for hydroxylation is 1. The van der Waals surface area contributed by atoms with Crippen LogP contribution in [0.5, 0.6) is 0 Å². The predicted octanol–water partition coefficient (Wildman–Crippen LogP) is 4.36. The number of nitrogens with one attached hydrogen (secondary N) is 1. The third-order valence-electron chi connectivity index (χ3n) is 3.80. The van der Waals surface area contributed by atoms with E-state index >= 15 is 0 Å². The number of thiophene rings is 1. The first-order valence-electron chi connectivity index (χ1n) is 7.37. The Balaban J connectivity index is 1.75. The van der Waals surface area contributed by atoms with Gasteiger partial charge in [0.2, 0.25) is 5.91 Å². The molecule has 2 aromatic rings. The third kappa shape index (κ3) is 3.10. The summed E-state index contributed by atoms with van der Waals surface area (Å²) in [5.74, 6) is 0.231. The highest BCUT2D eigenvalue weighted by Gasteiger charge is 2.21. The van der Waals surface area contributed by atoms with E-state index in [1.165, 1.54) is 9.75 Å². The highest BCUT2D eigenvalue weighted by atomic mass is 32.1. The van der Waals surface area contributed by atoms with E-state index in [0.29, 0.717) is 6.42 Å². The number of rotatable bonds is 4. The maximum atomic E-state index is 11.8. The molecule has 3 rings (SSSR count). The Kier molecular flexibility index (Phi) is 3.97. The summed E-state index contributed by atoms with van der Waals surface area (Å²) in [6, 6.07) is 12.7. The molecule has 0 aliphatic carbocycles. The molecule has 4 heteroatoms. The summed E-state index contributed by atoms with van der Waals surface area (Å²) in [6.45, 7) is 5.13. The molecule has 1 unspecified atom stereocenters. The molecule has 1 aliphatic heterocycles. The first-order valence-corrected chi connectivity index (χ1v) is 8.18. The van der Waals surface area contributed by atoms with Gasteiger partial charge in [-0.2, -0.15) is 0 Å². The normalized spacial score (nSPS) is 16.3. The summed E-state index contributed by atoms with van der Waals surface area (Å²) in [5.41, 5.74) is 2.06. The SMILES string of the molecule is Cc1ccc(C(C)Nc2cccc(N3CCCC3=O)c2)s1. The Bertz CT molecular complexity index is 650. The molecular formula is C17H20N2OS. The van der Waals surface area contributed by atoms with Crippen molar-refractivity contribution in [3.8, 4) is 0 Å². The number of amides is 1. The lowest BCUT2D eigenvalue weighted by atomic mass is 10.2. The molecule has 0 bridgehead atoms. The Hall–Kier alpha value is -1.81. The van der Waals surface area contributed by atoms with E-state index in [1.54, 1.807) is 0 Å². The summed E-state index contributed by atoms with van der Waals surface area (Å²) < 4.78 is 0. The molecule has 1 N–H and O–H groups in total. The fourth-order valence-electron chi connectivity index (χ4n) is 2.69. The monoisotopic (exact) mass is 300 g/mol. The number of nitrogens with zero attached hydrogens (tertiary/aromatic N) is 1. The molecule has 21 heavy (non-hydrogen) atoms. The third-order valence-corrected chi connectivity index (χ3v) is 4.99. The molecule has 0 saturated carbocycles.